The molecule has 6 aromatic heterocycles. The molecule has 561 valence electrons. The van der Waals surface area contributed by atoms with Crippen molar-refractivity contribution >= 4 is 154 Å². The Balaban J connectivity index is 0.000000106. The Morgan fingerprint density at radius 3 is 1.04 bits per heavy atom. The van der Waals surface area contributed by atoms with Crippen LogP contribution in [0.15, 0.2) is 423 Å². The maximum atomic E-state index is 8.84. The summed E-state index contributed by atoms with van der Waals surface area (Å²) in [5.74, 6) is 0.617. The van der Waals surface area contributed by atoms with E-state index in [-0.39, 0.29) is 0 Å². The van der Waals surface area contributed by atoms with E-state index >= 15 is 0 Å². The number of fused-ring (bicyclic) bond motifs is 21. The van der Waals surface area contributed by atoms with Crippen molar-refractivity contribution in [3.05, 3.63) is 434 Å². The molecule has 1 radical (unpaired) electrons. The molecule has 0 unspecified atom stereocenters. The molecular weight excluding hydrogens is 1520 g/mol. The lowest BCUT2D eigenvalue weighted by atomic mass is 10.0. The molecule has 1 aliphatic rings. The van der Waals surface area contributed by atoms with E-state index in [2.05, 4.69) is 414 Å². The number of aromatic amines is 1. The van der Waals surface area contributed by atoms with Gasteiger partial charge in [-0.25, -0.2) is 0 Å². The number of nitrogens with one attached hydrogen (secondary N) is 1. The van der Waals surface area contributed by atoms with E-state index in [1.165, 1.54) is 165 Å². The maximum Gasteiger partial charge on any atom is 0.569 e. The van der Waals surface area contributed by atoms with E-state index in [0.29, 0.717) is 13.4 Å². The zero-order valence-corrected chi connectivity index (χ0v) is 66.2. The number of nitrogens with zero attached hydrogens (tertiary/aromatic N) is 5. The minimum absolute atomic E-state index is 0.617. The van der Waals surface area contributed by atoms with Gasteiger partial charge in [0.25, 0.3) is 0 Å². The summed E-state index contributed by atoms with van der Waals surface area (Å²) in [6.45, 7) is 0. The molecule has 10 heteroatoms. The molecule has 1 aliphatic carbocycles. The van der Waals surface area contributed by atoms with E-state index in [4.69, 9.17) is 9.68 Å². The van der Waals surface area contributed by atoms with Crippen LogP contribution in [-0.2, 0) is 6.42 Å². The molecule has 0 fully saturated rings. The van der Waals surface area contributed by atoms with Crippen molar-refractivity contribution < 1.29 is 9.68 Å². The monoisotopic (exact) mass is 1590 g/mol. The standard InChI is InChI=1S/C48H31N3.C30H20N2.C18H13BNO2.C13H9Br/c1-3-13-34(14-4-1)49-44-21-11-8-18-38(44)41-29-32(23-27-46(41)49)33-24-28-47-42(30-33)39-19-9-12-22-45(39)51(47)36-25-26-40-37-17-7-10-20-43(37)50(48(40)31-36)35-15-5-2-6-16-35;1-2-8-22(9-3-1)32-29-13-7-5-11-24(29)26-19-21(15-17-30(26)32)20-14-16-28-25(18-20)23-10-4-6-12-27(23)31-28;21-19-22-14-10-11-18-16(12-14)15-8-4-5-9-17(15)20(18)13-6-2-1-3-7-13;14-11-6-5-10-7-9-3-1-2-4-12(9)13(10)8-11/h1-31H;1-19,31H;1-12,21H;1-6,8H,7H2. The van der Waals surface area contributed by atoms with Crippen LogP contribution >= 0.6 is 15.9 Å². The lowest BCUT2D eigenvalue weighted by Crippen LogP contribution is -1.99. The van der Waals surface area contributed by atoms with Gasteiger partial charge in [0.1, 0.15) is 5.75 Å². The van der Waals surface area contributed by atoms with Gasteiger partial charge in [-0.3, -0.25) is 0 Å². The molecule has 0 saturated heterocycles. The molecule has 0 amide bonds. The smallest absolute Gasteiger partial charge is 0.537 e. The molecule has 119 heavy (non-hydrogen) atoms. The lowest BCUT2D eigenvalue weighted by molar-refractivity contribution is 0.454. The number of rotatable bonds is 9. The van der Waals surface area contributed by atoms with Gasteiger partial charge >= 0.3 is 7.69 Å². The number of benzene rings is 18. The normalized spacial score (nSPS) is 11.7. The van der Waals surface area contributed by atoms with Crippen LogP contribution < -0.4 is 4.65 Å². The second-order valence-corrected chi connectivity index (χ2v) is 31.4. The predicted octanol–water partition coefficient (Wildman–Crippen LogP) is 28.4. The van der Waals surface area contributed by atoms with Gasteiger partial charge in [-0.15, -0.1) is 0 Å². The molecule has 24 aromatic rings. The van der Waals surface area contributed by atoms with Gasteiger partial charge in [-0.2, -0.15) is 0 Å². The van der Waals surface area contributed by atoms with Crippen molar-refractivity contribution in [2.75, 3.05) is 0 Å². The van der Waals surface area contributed by atoms with Gasteiger partial charge in [-0.05, 0) is 227 Å². The van der Waals surface area contributed by atoms with Crippen LogP contribution in [0.25, 0.3) is 193 Å². The Bertz CT molecular complexity index is 8060. The molecule has 0 spiro atoms. The van der Waals surface area contributed by atoms with Crippen molar-refractivity contribution in [2.24, 2.45) is 0 Å². The van der Waals surface area contributed by atoms with Crippen molar-refractivity contribution in [3.8, 4) is 67.6 Å². The molecule has 0 saturated carbocycles. The maximum absolute atomic E-state index is 8.84. The second kappa shape index (κ2) is 29.7. The highest BCUT2D eigenvalue weighted by molar-refractivity contribution is 9.10. The summed E-state index contributed by atoms with van der Waals surface area (Å²) in [5.41, 5.74) is 30.7. The Labute approximate surface area is 695 Å². The fourth-order valence-electron chi connectivity index (χ4n) is 18.5. The topological polar surface area (TPSA) is 69.9 Å². The number of hydrogen-bond acceptors (Lipinski definition) is 2. The number of para-hydroxylation sites is 10. The summed E-state index contributed by atoms with van der Waals surface area (Å²) in [4.78, 5) is 3.53. The zero-order chi connectivity index (χ0) is 79.0. The van der Waals surface area contributed by atoms with Crippen LogP contribution in [0.5, 0.6) is 5.75 Å². The first kappa shape index (κ1) is 70.7. The van der Waals surface area contributed by atoms with Gasteiger partial charge in [0.2, 0.25) is 0 Å². The van der Waals surface area contributed by atoms with Gasteiger partial charge < -0.3 is 37.5 Å². The predicted molar refractivity (Wildman–Crippen MR) is 502 cm³/mol. The van der Waals surface area contributed by atoms with E-state index in [0.717, 1.165) is 49.8 Å². The molecule has 2 N–H and O–H groups in total. The molecule has 6 heterocycles. The third-order valence-corrected chi connectivity index (χ3v) is 24.3. The fraction of sp³-hybridized carbons (Fsp3) is 0.00917. The fourth-order valence-corrected chi connectivity index (χ4v) is 18.8. The van der Waals surface area contributed by atoms with E-state index < -0.39 is 0 Å². The summed E-state index contributed by atoms with van der Waals surface area (Å²) in [5, 5.41) is 23.7. The first-order valence-electron chi connectivity index (χ1n) is 40.3. The Morgan fingerprint density at radius 1 is 0.235 bits per heavy atom. The Hall–Kier alpha value is -14.9. The summed E-state index contributed by atoms with van der Waals surface area (Å²) < 4.78 is 18.0. The van der Waals surface area contributed by atoms with Crippen molar-refractivity contribution in [2.45, 2.75) is 6.42 Å². The SMILES string of the molecule is Brc1ccc2c(c1)-c1ccccc1C2.O[B]Oc1ccc2c(c1)c1ccccc1n2-c1ccccc1.c1ccc(-n2c3ccccc3c3cc(-c4ccc5[nH]c6ccccc6c5c4)ccc32)cc1.c1ccc(-n2c3ccccc3c3cc(-c4ccc5c(c4)c4ccccc4n5-c4ccc5c6ccccc6n(-c6ccccc6)c5c4)ccc32)cc1. The van der Waals surface area contributed by atoms with E-state index in [9.17, 15) is 0 Å². The molecule has 25 rings (SSSR count). The summed E-state index contributed by atoms with van der Waals surface area (Å²) in [7, 11) is 0.706. The van der Waals surface area contributed by atoms with Crippen molar-refractivity contribution in [1.29, 1.82) is 0 Å². The third-order valence-electron chi connectivity index (χ3n) is 23.8. The van der Waals surface area contributed by atoms with Crippen LogP contribution in [0.4, 0.5) is 0 Å². The summed E-state index contributed by atoms with van der Waals surface area (Å²) in [6.07, 6.45) is 1.08. The second-order valence-electron chi connectivity index (χ2n) is 30.5. The van der Waals surface area contributed by atoms with Crippen LogP contribution in [0.2, 0.25) is 0 Å². The van der Waals surface area contributed by atoms with Crippen LogP contribution in [0.3, 0.4) is 0 Å². The molecule has 0 aliphatic heterocycles. The first-order chi connectivity index (χ1) is 58.9. The lowest BCUT2D eigenvalue weighted by Gasteiger charge is -2.11. The first-order valence-corrected chi connectivity index (χ1v) is 41.1. The van der Waals surface area contributed by atoms with Gasteiger partial charge in [-0.1, -0.05) is 259 Å². The summed E-state index contributed by atoms with van der Waals surface area (Å²) >= 11 is 3.52. The number of H-pyrrole nitrogens is 1. The molecule has 0 bridgehead atoms. The molecule has 0 atom stereocenters. The Morgan fingerprint density at radius 2 is 0.571 bits per heavy atom. The van der Waals surface area contributed by atoms with Crippen molar-refractivity contribution in [1.82, 2.24) is 27.8 Å². The van der Waals surface area contributed by atoms with E-state index in [1.54, 1.807) is 0 Å². The highest BCUT2D eigenvalue weighted by Crippen LogP contribution is 2.44. The highest BCUT2D eigenvalue weighted by Gasteiger charge is 2.22. The van der Waals surface area contributed by atoms with Crippen LogP contribution in [-0.4, -0.2) is 40.5 Å². The third kappa shape index (κ3) is 12.3. The number of halogens is 1. The van der Waals surface area contributed by atoms with Crippen LogP contribution in [0.1, 0.15) is 11.1 Å². The van der Waals surface area contributed by atoms with Gasteiger partial charge in [0.15, 0.2) is 0 Å². The zero-order valence-electron chi connectivity index (χ0n) is 64.6. The molecular formula is C109H73BBrN6O2. The van der Waals surface area contributed by atoms with Gasteiger partial charge in [0, 0.05) is 109 Å². The minimum Gasteiger partial charge on any atom is -0.537 e. The molecule has 8 nitrogen and oxygen atoms in total. The molecule has 18 aromatic carbocycles. The summed E-state index contributed by atoms with van der Waals surface area (Å²) in [6, 6.07) is 149. The quantitative estimate of drug-likeness (QED) is 0.141. The number of hydrogen-bond donors (Lipinski definition) is 2. The van der Waals surface area contributed by atoms with E-state index in [1.807, 2.05) is 48.5 Å². The number of aromatic nitrogens is 6. The largest absolute Gasteiger partial charge is 0.569 e. The average Bonchev–Trinajstić information content (AvgIpc) is 1.58. The average molecular weight is 1590 g/mol. The minimum atomic E-state index is 0.617. The van der Waals surface area contributed by atoms with Gasteiger partial charge in [0.05, 0.1) is 55.2 Å². The Kier molecular flexibility index (Phi) is 17.7. The highest BCUT2D eigenvalue weighted by atomic mass is 79.9. The van der Waals surface area contributed by atoms with Crippen LogP contribution in [0, 0.1) is 0 Å². The van der Waals surface area contributed by atoms with Crippen molar-refractivity contribution in [3.63, 3.8) is 0 Å².